The van der Waals surface area contributed by atoms with Crippen molar-refractivity contribution < 1.29 is 27.1 Å². The zero-order valence-corrected chi connectivity index (χ0v) is 14.8. The van der Waals surface area contributed by atoms with Gasteiger partial charge < -0.3 is 4.74 Å². The summed E-state index contributed by atoms with van der Waals surface area (Å²) in [4.78, 5) is 16.4. The van der Waals surface area contributed by atoms with Gasteiger partial charge in [0.15, 0.2) is 5.78 Å². The molecule has 0 N–H and O–H groups in total. The Balaban J connectivity index is 1.71. The van der Waals surface area contributed by atoms with Crippen molar-refractivity contribution in [1.82, 2.24) is 4.98 Å². The Bertz CT molecular complexity index is 981. The molecule has 1 heterocycles. The molecule has 0 radical (unpaired) electrons. The fourth-order valence-electron chi connectivity index (χ4n) is 2.64. The molecule has 0 bridgehead atoms. The van der Waals surface area contributed by atoms with Crippen molar-refractivity contribution in [3.05, 3.63) is 83.4 Å². The molecule has 28 heavy (non-hydrogen) atoms. The van der Waals surface area contributed by atoms with Gasteiger partial charge in [-0.15, -0.1) is 13.2 Å². The van der Waals surface area contributed by atoms with Crippen molar-refractivity contribution in [1.29, 1.82) is 0 Å². The molecule has 0 unspecified atom stereocenters. The van der Waals surface area contributed by atoms with E-state index in [0.29, 0.717) is 16.7 Å². The number of carbonyl (C=O) groups excluding carboxylic acids is 1. The number of aromatic nitrogens is 1. The van der Waals surface area contributed by atoms with E-state index in [9.17, 15) is 22.4 Å². The van der Waals surface area contributed by atoms with Gasteiger partial charge in [-0.25, -0.2) is 4.39 Å². The number of halogens is 4. The first-order chi connectivity index (χ1) is 13.2. The summed E-state index contributed by atoms with van der Waals surface area (Å²) in [6.07, 6.45) is -3.41. The van der Waals surface area contributed by atoms with Crippen LogP contribution in [-0.2, 0) is 6.42 Å². The van der Waals surface area contributed by atoms with Crippen LogP contribution < -0.4 is 4.74 Å². The topological polar surface area (TPSA) is 39.2 Å². The van der Waals surface area contributed by atoms with E-state index in [2.05, 4.69) is 9.72 Å². The van der Waals surface area contributed by atoms with Crippen LogP contribution in [0.3, 0.4) is 0 Å². The highest BCUT2D eigenvalue weighted by Gasteiger charge is 2.30. The van der Waals surface area contributed by atoms with Crippen molar-refractivity contribution in [3.8, 4) is 16.9 Å². The minimum Gasteiger partial charge on any atom is -0.406 e. The van der Waals surface area contributed by atoms with E-state index in [0.717, 1.165) is 5.56 Å². The van der Waals surface area contributed by atoms with Gasteiger partial charge in [-0.2, -0.15) is 0 Å². The van der Waals surface area contributed by atoms with Crippen LogP contribution in [0.2, 0.25) is 0 Å². The molecule has 0 atom stereocenters. The Labute approximate surface area is 158 Å². The highest BCUT2D eigenvalue weighted by molar-refractivity contribution is 5.96. The molecule has 0 saturated heterocycles. The van der Waals surface area contributed by atoms with Crippen LogP contribution in [0.15, 0.2) is 60.8 Å². The van der Waals surface area contributed by atoms with Crippen molar-refractivity contribution in [2.24, 2.45) is 0 Å². The molecule has 0 amide bonds. The normalized spacial score (nSPS) is 11.3. The molecule has 0 aliphatic carbocycles. The van der Waals surface area contributed by atoms with Crippen LogP contribution >= 0.6 is 0 Å². The van der Waals surface area contributed by atoms with Crippen molar-refractivity contribution in [2.75, 3.05) is 0 Å². The van der Waals surface area contributed by atoms with E-state index < -0.39 is 12.2 Å². The highest BCUT2D eigenvalue weighted by atomic mass is 19.4. The molecule has 3 aromatic rings. The number of rotatable bonds is 5. The quantitative estimate of drug-likeness (QED) is 0.426. The molecule has 144 valence electrons. The number of nitrogens with zero attached hydrogens (tertiary/aromatic N) is 1. The molecule has 3 nitrogen and oxygen atoms in total. The standard InChI is InChI=1S/C21H15F4NO2/c1-13-2-3-15(18(22)10-13)11-20(27)19-9-6-16(12-26-19)14-4-7-17(8-5-14)28-21(23,24)25/h2-10,12H,11H2,1H3. The fourth-order valence-corrected chi connectivity index (χ4v) is 2.64. The summed E-state index contributed by atoms with van der Waals surface area (Å²) < 4.78 is 54.3. The largest absolute Gasteiger partial charge is 0.573 e. The second-order valence-electron chi connectivity index (χ2n) is 6.20. The minimum absolute atomic E-state index is 0.109. The molecular weight excluding hydrogens is 374 g/mol. The lowest BCUT2D eigenvalue weighted by atomic mass is 10.0. The summed E-state index contributed by atoms with van der Waals surface area (Å²) in [5, 5.41) is 0. The van der Waals surface area contributed by atoms with Crippen LogP contribution in [0.4, 0.5) is 17.6 Å². The number of ether oxygens (including phenoxy) is 1. The van der Waals surface area contributed by atoms with Gasteiger partial charge in [-0.1, -0.05) is 30.3 Å². The summed E-state index contributed by atoms with van der Waals surface area (Å²) in [5.41, 5.74) is 2.48. The van der Waals surface area contributed by atoms with E-state index in [1.165, 1.54) is 42.6 Å². The van der Waals surface area contributed by atoms with E-state index in [1.807, 2.05) is 0 Å². The van der Waals surface area contributed by atoms with E-state index in [4.69, 9.17) is 0 Å². The van der Waals surface area contributed by atoms with Crippen LogP contribution in [0.5, 0.6) is 5.75 Å². The molecule has 3 rings (SSSR count). The lowest BCUT2D eigenvalue weighted by Gasteiger charge is -2.09. The third-order valence-corrected chi connectivity index (χ3v) is 4.03. The van der Waals surface area contributed by atoms with E-state index in [1.54, 1.807) is 25.1 Å². The summed E-state index contributed by atoms with van der Waals surface area (Å²) in [6.45, 7) is 1.76. The lowest BCUT2D eigenvalue weighted by Crippen LogP contribution is -2.16. The minimum atomic E-state index is -4.75. The Morgan fingerprint density at radius 2 is 1.68 bits per heavy atom. The summed E-state index contributed by atoms with van der Waals surface area (Å²) in [7, 11) is 0. The summed E-state index contributed by atoms with van der Waals surface area (Å²) in [5.74, 6) is -1.09. The van der Waals surface area contributed by atoms with Gasteiger partial charge in [0, 0.05) is 18.2 Å². The van der Waals surface area contributed by atoms with Gasteiger partial charge >= 0.3 is 6.36 Å². The van der Waals surface area contributed by atoms with Gasteiger partial charge in [0.25, 0.3) is 0 Å². The van der Waals surface area contributed by atoms with Crippen LogP contribution in [-0.4, -0.2) is 17.1 Å². The van der Waals surface area contributed by atoms with Crippen molar-refractivity contribution >= 4 is 5.78 Å². The molecule has 7 heteroatoms. The Morgan fingerprint density at radius 3 is 2.25 bits per heavy atom. The van der Waals surface area contributed by atoms with Gasteiger partial charge in [-0.3, -0.25) is 9.78 Å². The third kappa shape index (κ3) is 4.94. The number of pyridine rings is 1. The molecule has 0 spiro atoms. The number of hydrogen-bond donors (Lipinski definition) is 0. The molecular formula is C21H15F4NO2. The number of carbonyl (C=O) groups is 1. The monoisotopic (exact) mass is 389 g/mol. The number of ketones is 1. The number of aryl methyl sites for hydroxylation is 1. The molecule has 0 aliphatic heterocycles. The number of hydrogen-bond acceptors (Lipinski definition) is 3. The maximum atomic E-state index is 13.9. The van der Waals surface area contributed by atoms with Crippen LogP contribution in [0.25, 0.3) is 11.1 Å². The molecule has 0 saturated carbocycles. The predicted molar refractivity (Wildman–Crippen MR) is 95.5 cm³/mol. The number of benzene rings is 2. The van der Waals surface area contributed by atoms with Gasteiger partial charge in [0.2, 0.25) is 0 Å². The van der Waals surface area contributed by atoms with Gasteiger partial charge in [-0.05, 0) is 47.9 Å². The van der Waals surface area contributed by atoms with Crippen LogP contribution in [0, 0.1) is 12.7 Å². The first-order valence-electron chi connectivity index (χ1n) is 8.32. The molecule has 2 aromatic carbocycles. The molecule has 1 aromatic heterocycles. The molecule has 0 fully saturated rings. The smallest absolute Gasteiger partial charge is 0.406 e. The summed E-state index contributed by atoms with van der Waals surface area (Å²) >= 11 is 0. The van der Waals surface area contributed by atoms with Gasteiger partial charge in [0.05, 0.1) is 0 Å². The lowest BCUT2D eigenvalue weighted by molar-refractivity contribution is -0.274. The summed E-state index contributed by atoms with van der Waals surface area (Å²) in [6, 6.07) is 13.1. The predicted octanol–water partition coefficient (Wildman–Crippen LogP) is 5.52. The zero-order chi connectivity index (χ0) is 20.3. The van der Waals surface area contributed by atoms with Gasteiger partial charge in [0.1, 0.15) is 17.3 Å². The first-order valence-corrected chi connectivity index (χ1v) is 8.32. The average molecular weight is 389 g/mol. The SMILES string of the molecule is Cc1ccc(CC(=O)c2ccc(-c3ccc(OC(F)(F)F)cc3)cn2)c(F)c1. The zero-order valence-electron chi connectivity index (χ0n) is 14.8. The van der Waals surface area contributed by atoms with Crippen LogP contribution in [0.1, 0.15) is 21.6 Å². The Kier molecular flexibility index (Phi) is 5.44. The Hall–Kier alpha value is -3.22. The molecule has 0 aliphatic rings. The van der Waals surface area contributed by atoms with Crippen molar-refractivity contribution in [2.45, 2.75) is 19.7 Å². The fraction of sp³-hybridized carbons (Fsp3) is 0.143. The third-order valence-electron chi connectivity index (χ3n) is 4.03. The van der Waals surface area contributed by atoms with E-state index >= 15 is 0 Å². The average Bonchev–Trinajstić information content (AvgIpc) is 2.63. The van der Waals surface area contributed by atoms with Crippen molar-refractivity contribution in [3.63, 3.8) is 0 Å². The maximum Gasteiger partial charge on any atom is 0.573 e. The van der Waals surface area contributed by atoms with E-state index in [-0.39, 0.29) is 23.6 Å². The first kappa shape index (κ1) is 19.5. The highest BCUT2D eigenvalue weighted by Crippen LogP contribution is 2.26. The number of Topliss-reactive ketones (excluding diaryl/α,β-unsaturated/α-hetero) is 1. The maximum absolute atomic E-state index is 13.9. The number of alkyl halides is 3. The second kappa shape index (κ2) is 7.80. The second-order valence-corrected chi connectivity index (χ2v) is 6.20. The Morgan fingerprint density at radius 1 is 1.00 bits per heavy atom.